The lowest BCUT2D eigenvalue weighted by Gasteiger charge is -2.32. The monoisotopic (exact) mass is 405 g/mol. The van der Waals surface area contributed by atoms with Gasteiger partial charge < -0.3 is 15.5 Å². The molecule has 2 N–H and O–H groups in total. The van der Waals surface area contributed by atoms with Crippen molar-refractivity contribution in [3.8, 4) is 0 Å². The van der Waals surface area contributed by atoms with E-state index in [0.717, 1.165) is 37.5 Å². The van der Waals surface area contributed by atoms with Gasteiger partial charge in [0.2, 0.25) is 0 Å². The molecule has 1 fully saturated rings. The Morgan fingerprint density at radius 1 is 1.00 bits per heavy atom. The number of hydrogen-bond donors (Lipinski definition) is 2. The zero-order chi connectivity index (χ0) is 20.8. The van der Waals surface area contributed by atoms with Gasteiger partial charge in [-0.1, -0.05) is 12.1 Å². The lowest BCUT2D eigenvalue weighted by atomic mass is 9.93. The molecule has 2 aromatic carbocycles. The Balaban J connectivity index is 1.40. The van der Waals surface area contributed by atoms with Crippen LogP contribution in [0, 0.1) is 23.4 Å². The van der Waals surface area contributed by atoms with E-state index < -0.39 is 29.4 Å². The van der Waals surface area contributed by atoms with E-state index in [4.69, 9.17) is 0 Å². The summed E-state index contributed by atoms with van der Waals surface area (Å²) in [5.41, 5.74) is 0.0956. The van der Waals surface area contributed by atoms with Crippen LogP contribution in [0.4, 0.5) is 23.7 Å². The van der Waals surface area contributed by atoms with Crippen molar-refractivity contribution >= 4 is 17.6 Å². The highest BCUT2D eigenvalue weighted by Gasteiger charge is 2.23. The molecule has 0 spiro atoms. The second kappa shape index (κ2) is 9.45. The molecule has 3 amide bonds. The second-order valence-electron chi connectivity index (χ2n) is 7.04. The minimum Gasteiger partial charge on any atom is -0.352 e. The van der Waals surface area contributed by atoms with E-state index in [1.807, 2.05) is 0 Å². The first-order chi connectivity index (χ1) is 13.9. The van der Waals surface area contributed by atoms with Gasteiger partial charge in [0, 0.05) is 31.4 Å². The van der Waals surface area contributed by atoms with E-state index in [9.17, 15) is 22.8 Å². The third kappa shape index (κ3) is 5.73. The zero-order valence-corrected chi connectivity index (χ0v) is 15.8. The van der Waals surface area contributed by atoms with Crippen LogP contribution in [0.1, 0.15) is 29.6 Å². The molecule has 1 heterocycles. The van der Waals surface area contributed by atoms with Gasteiger partial charge >= 0.3 is 6.03 Å². The third-order valence-electron chi connectivity index (χ3n) is 4.97. The van der Waals surface area contributed by atoms with E-state index in [1.165, 1.54) is 18.2 Å². The molecular formula is C21H22F3N3O2. The number of halogens is 3. The number of amides is 3. The number of piperidine rings is 1. The van der Waals surface area contributed by atoms with Gasteiger partial charge in [-0.15, -0.1) is 0 Å². The topological polar surface area (TPSA) is 61.4 Å². The van der Waals surface area contributed by atoms with Gasteiger partial charge in [0.05, 0.1) is 5.56 Å². The summed E-state index contributed by atoms with van der Waals surface area (Å²) in [6.07, 6.45) is 2.23. The van der Waals surface area contributed by atoms with E-state index in [0.29, 0.717) is 25.6 Å². The molecule has 0 aliphatic carbocycles. The van der Waals surface area contributed by atoms with Gasteiger partial charge in [0.15, 0.2) is 0 Å². The van der Waals surface area contributed by atoms with Gasteiger partial charge in [-0.3, -0.25) is 4.79 Å². The van der Waals surface area contributed by atoms with E-state index >= 15 is 0 Å². The molecule has 0 aromatic heterocycles. The van der Waals surface area contributed by atoms with Crippen molar-refractivity contribution in [1.82, 2.24) is 10.2 Å². The number of anilines is 1. The number of rotatable bonds is 5. The largest absolute Gasteiger partial charge is 0.352 e. The molecule has 0 bridgehead atoms. The fourth-order valence-electron chi connectivity index (χ4n) is 3.38. The first-order valence-electron chi connectivity index (χ1n) is 9.47. The van der Waals surface area contributed by atoms with Gasteiger partial charge in [0.25, 0.3) is 5.91 Å². The molecule has 1 aliphatic rings. The smallest absolute Gasteiger partial charge is 0.321 e. The molecule has 1 saturated heterocycles. The molecule has 8 heteroatoms. The highest BCUT2D eigenvalue weighted by molar-refractivity contribution is 5.94. The highest BCUT2D eigenvalue weighted by atomic mass is 19.1. The van der Waals surface area contributed by atoms with Crippen LogP contribution in [0.25, 0.3) is 0 Å². The maximum atomic E-state index is 13.6. The SMILES string of the molecule is O=C(NCCC1CCN(C(=O)Nc2cc(F)cc(F)c2)CC1)c1ccccc1F. The summed E-state index contributed by atoms with van der Waals surface area (Å²) in [4.78, 5) is 25.9. The Morgan fingerprint density at radius 2 is 1.66 bits per heavy atom. The molecule has 0 radical (unpaired) electrons. The van der Waals surface area contributed by atoms with Crippen LogP contribution in [0.15, 0.2) is 42.5 Å². The normalized spacial score (nSPS) is 14.5. The van der Waals surface area contributed by atoms with E-state index in [-0.39, 0.29) is 11.3 Å². The summed E-state index contributed by atoms with van der Waals surface area (Å²) in [7, 11) is 0. The third-order valence-corrected chi connectivity index (χ3v) is 4.97. The molecule has 3 rings (SSSR count). The number of nitrogens with zero attached hydrogens (tertiary/aromatic N) is 1. The van der Waals surface area contributed by atoms with E-state index in [1.54, 1.807) is 11.0 Å². The fourth-order valence-corrected chi connectivity index (χ4v) is 3.38. The minimum atomic E-state index is -0.753. The molecule has 5 nitrogen and oxygen atoms in total. The Bertz CT molecular complexity index is 863. The fraction of sp³-hybridized carbons (Fsp3) is 0.333. The number of benzene rings is 2. The highest BCUT2D eigenvalue weighted by Crippen LogP contribution is 2.21. The van der Waals surface area contributed by atoms with Crippen molar-refractivity contribution in [1.29, 1.82) is 0 Å². The van der Waals surface area contributed by atoms with Crippen LogP contribution < -0.4 is 10.6 Å². The summed E-state index contributed by atoms with van der Waals surface area (Å²) in [6.45, 7) is 1.44. The average Bonchev–Trinajstić information content (AvgIpc) is 2.68. The summed E-state index contributed by atoms with van der Waals surface area (Å²) in [5.74, 6) is -2.18. The molecule has 0 saturated carbocycles. The van der Waals surface area contributed by atoms with Crippen LogP contribution in [-0.2, 0) is 0 Å². The quantitative estimate of drug-likeness (QED) is 0.785. The molecule has 154 valence electrons. The van der Waals surface area contributed by atoms with Crippen molar-refractivity contribution in [3.05, 3.63) is 65.5 Å². The van der Waals surface area contributed by atoms with Gasteiger partial charge in [-0.25, -0.2) is 18.0 Å². The van der Waals surface area contributed by atoms with Crippen molar-refractivity contribution in [2.45, 2.75) is 19.3 Å². The lowest BCUT2D eigenvalue weighted by molar-refractivity contribution is 0.0945. The number of carbonyl (C=O) groups is 2. The van der Waals surface area contributed by atoms with Crippen LogP contribution in [0.3, 0.4) is 0 Å². The first-order valence-corrected chi connectivity index (χ1v) is 9.47. The van der Waals surface area contributed by atoms with Gasteiger partial charge in [-0.05, 0) is 49.4 Å². The average molecular weight is 405 g/mol. The van der Waals surface area contributed by atoms with Crippen LogP contribution in [-0.4, -0.2) is 36.5 Å². The zero-order valence-electron chi connectivity index (χ0n) is 15.8. The molecule has 0 atom stereocenters. The summed E-state index contributed by atoms with van der Waals surface area (Å²) in [6, 6.07) is 8.28. The Morgan fingerprint density at radius 3 is 2.31 bits per heavy atom. The summed E-state index contributed by atoms with van der Waals surface area (Å²) < 4.78 is 40.0. The van der Waals surface area contributed by atoms with Crippen LogP contribution in [0.5, 0.6) is 0 Å². The van der Waals surface area contributed by atoms with Crippen LogP contribution in [0.2, 0.25) is 0 Å². The number of carbonyl (C=O) groups excluding carboxylic acids is 2. The Kier molecular flexibility index (Phi) is 6.74. The number of nitrogens with one attached hydrogen (secondary N) is 2. The Hall–Kier alpha value is -3.03. The standard InChI is InChI=1S/C21H22F3N3O2/c22-15-11-16(23)13-17(12-15)26-21(29)27-9-6-14(7-10-27)5-8-25-20(28)18-3-1-2-4-19(18)24/h1-4,11-14H,5-10H2,(H,25,28)(H,26,29). The number of urea groups is 1. The first kappa shape index (κ1) is 20.7. The second-order valence-corrected chi connectivity index (χ2v) is 7.04. The molecular weight excluding hydrogens is 383 g/mol. The van der Waals surface area contributed by atoms with Crippen molar-refractivity contribution in [2.75, 3.05) is 25.0 Å². The van der Waals surface area contributed by atoms with Crippen molar-refractivity contribution in [3.63, 3.8) is 0 Å². The molecule has 0 unspecified atom stereocenters. The lowest BCUT2D eigenvalue weighted by Crippen LogP contribution is -2.41. The van der Waals surface area contributed by atoms with Crippen molar-refractivity contribution < 1.29 is 22.8 Å². The molecule has 2 aromatic rings. The maximum absolute atomic E-state index is 13.6. The van der Waals surface area contributed by atoms with Gasteiger partial charge in [-0.2, -0.15) is 0 Å². The number of likely N-dealkylation sites (tertiary alicyclic amines) is 1. The Labute approximate surface area is 166 Å². The molecule has 29 heavy (non-hydrogen) atoms. The van der Waals surface area contributed by atoms with Crippen molar-refractivity contribution in [2.24, 2.45) is 5.92 Å². The summed E-state index contributed by atoms with van der Waals surface area (Å²) in [5, 5.41) is 5.23. The number of hydrogen-bond acceptors (Lipinski definition) is 2. The maximum Gasteiger partial charge on any atom is 0.321 e. The predicted octanol–water partition coefficient (Wildman–Crippen LogP) is 4.17. The van der Waals surface area contributed by atoms with E-state index in [2.05, 4.69) is 10.6 Å². The molecule has 1 aliphatic heterocycles. The minimum absolute atomic E-state index is 0.0211. The summed E-state index contributed by atoms with van der Waals surface area (Å²) >= 11 is 0. The van der Waals surface area contributed by atoms with Crippen LogP contribution >= 0.6 is 0 Å². The predicted molar refractivity (Wildman–Crippen MR) is 103 cm³/mol. The van der Waals surface area contributed by atoms with Gasteiger partial charge in [0.1, 0.15) is 17.5 Å².